The third-order valence-corrected chi connectivity index (χ3v) is 1.50. The number of hydrogen-bond acceptors (Lipinski definition) is 4. The van der Waals surface area contributed by atoms with Gasteiger partial charge in [0.15, 0.2) is 0 Å². The highest BCUT2D eigenvalue weighted by Gasteiger charge is 2.12. The molecule has 0 aliphatic carbocycles. The molecular weight excluding hydrogens is 189 g/mol. The highest BCUT2D eigenvalue weighted by atomic mass is 19.1. The van der Waals surface area contributed by atoms with E-state index in [2.05, 4.69) is 9.72 Å². The predicted molar refractivity (Wildman–Crippen MR) is 46.4 cm³/mol. The number of methoxy groups -OCH3 is 1. The van der Waals surface area contributed by atoms with Gasteiger partial charge in [-0.05, 0) is 12.1 Å². The van der Waals surface area contributed by atoms with E-state index < -0.39 is 11.9 Å². The minimum Gasteiger partial charge on any atom is -0.460 e. The predicted octanol–water partition coefficient (Wildman–Crippen LogP) is 1.02. The third kappa shape index (κ3) is 2.77. The monoisotopic (exact) mass is 199 g/mol. The van der Waals surface area contributed by atoms with Crippen LogP contribution in [-0.4, -0.2) is 31.3 Å². The molecule has 0 unspecified atom stereocenters. The topological polar surface area (TPSA) is 48.4 Å². The first-order valence-electron chi connectivity index (χ1n) is 4.02. The third-order valence-electron chi connectivity index (χ3n) is 1.50. The number of esters is 1. The molecule has 76 valence electrons. The zero-order valence-corrected chi connectivity index (χ0v) is 7.70. The molecule has 1 rings (SSSR count). The summed E-state index contributed by atoms with van der Waals surface area (Å²) in [7, 11) is 1.48. The van der Waals surface area contributed by atoms with Gasteiger partial charge < -0.3 is 9.47 Å². The van der Waals surface area contributed by atoms with Crippen molar-refractivity contribution in [2.24, 2.45) is 0 Å². The lowest BCUT2D eigenvalue weighted by Gasteiger charge is -2.03. The number of rotatable bonds is 4. The van der Waals surface area contributed by atoms with Gasteiger partial charge in [0.1, 0.15) is 12.2 Å². The molecule has 1 aromatic rings. The molecule has 0 aliphatic rings. The van der Waals surface area contributed by atoms with Crippen LogP contribution in [0.4, 0.5) is 4.39 Å². The van der Waals surface area contributed by atoms with E-state index in [1.807, 2.05) is 0 Å². The molecule has 0 saturated heterocycles. The second kappa shape index (κ2) is 5.29. The van der Waals surface area contributed by atoms with Gasteiger partial charge in [0.25, 0.3) is 0 Å². The van der Waals surface area contributed by atoms with Crippen molar-refractivity contribution >= 4 is 5.97 Å². The summed E-state index contributed by atoms with van der Waals surface area (Å²) in [6.07, 6.45) is 1.27. The smallest absolute Gasteiger partial charge is 0.342 e. The molecule has 0 amide bonds. The normalized spacial score (nSPS) is 9.86. The van der Waals surface area contributed by atoms with Gasteiger partial charge in [0, 0.05) is 13.3 Å². The fraction of sp³-hybridized carbons (Fsp3) is 0.333. The van der Waals surface area contributed by atoms with Crippen molar-refractivity contribution in [1.29, 1.82) is 0 Å². The Morgan fingerprint density at radius 1 is 1.57 bits per heavy atom. The van der Waals surface area contributed by atoms with E-state index in [4.69, 9.17) is 4.74 Å². The van der Waals surface area contributed by atoms with Gasteiger partial charge in [0.2, 0.25) is 5.95 Å². The highest BCUT2D eigenvalue weighted by Crippen LogP contribution is 2.04. The first kappa shape index (κ1) is 10.6. The Labute approximate surface area is 80.7 Å². The SMILES string of the molecule is COCCOC(=O)c1cccnc1F. The second-order valence-electron chi connectivity index (χ2n) is 2.47. The number of pyridine rings is 1. The van der Waals surface area contributed by atoms with Crippen molar-refractivity contribution in [2.45, 2.75) is 0 Å². The summed E-state index contributed by atoms with van der Waals surface area (Å²) in [5.41, 5.74) is -0.163. The van der Waals surface area contributed by atoms with Crippen LogP contribution in [0.15, 0.2) is 18.3 Å². The van der Waals surface area contributed by atoms with Crippen LogP contribution in [0.25, 0.3) is 0 Å². The maximum Gasteiger partial charge on any atom is 0.342 e. The van der Waals surface area contributed by atoms with Crippen LogP contribution < -0.4 is 0 Å². The van der Waals surface area contributed by atoms with Gasteiger partial charge in [-0.25, -0.2) is 9.78 Å². The van der Waals surface area contributed by atoms with Crippen molar-refractivity contribution in [3.63, 3.8) is 0 Å². The number of carbonyl (C=O) groups excluding carboxylic acids is 1. The quantitative estimate of drug-likeness (QED) is 0.412. The fourth-order valence-corrected chi connectivity index (χ4v) is 0.834. The molecule has 0 bridgehead atoms. The molecule has 0 saturated carbocycles. The Morgan fingerprint density at radius 3 is 3.00 bits per heavy atom. The van der Waals surface area contributed by atoms with Crippen molar-refractivity contribution in [1.82, 2.24) is 4.98 Å². The maximum absolute atomic E-state index is 12.9. The van der Waals surface area contributed by atoms with Crippen LogP contribution >= 0.6 is 0 Å². The van der Waals surface area contributed by atoms with Crippen LogP contribution in [0.5, 0.6) is 0 Å². The molecule has 0 aliphatic heterocycles. The largest absolute Gasteiger partial charge is 0.460 e. The van der Waals surface area contributed by atoms with Gasteiger partial charge in [0.05, 0.1) is 6.61 Å². The minimum atomic E-state index is -0.824. The average Bonchev–Trinajstić information content (AvgIpc) is 2.18. The summed E-state index contributed by atoms with van der Waals surface area (Å²) in [6.45, 7) is 0.386. The summed E-state index contributed by atoms with van der Waals surface area (Å²) in [5, 5.41) is 0. The van der Waals surface area contributed by atoms with Crippen molar-refractivity contribution in [3.05, 3.63) is 29.8 Å². The van der Waals surface area contributed by atoms with Gasteiger partial charge in [-0.1, -0.05) is 0 Å². The van der Waals surface area contributed by atoms with Crippen LogP contribution in [0, 0.1) is 5.95 Å². The molecule has 1 aromatic heterocycles. The van der Waals surface area contributed by atoms with Crippen LogP contribution in [0.2, 0.25) is 0 Å². The zero-order chi connectivity index (χ0) is 10.4. The Bertz CT molecular complexity index is 317. The molecule has 14 heavy (non-hydrogen) atoms. The van der Waals surface area contributed by atoms with Gasteiger partial charge in [-0.3, -0.25) is 0 Å². The lowest BCUT2D eigenvalue weighted by Crippen LogP contribution is -2.12. The van der Waals surface area contributed by atoms with E-state index in [1.54, 1.807) is 0 Å². The lowest BCUT2D eigenvalue weighted by molar-refractivity contribution is 0.0382. The lowest BCUT2D eigenvalue weighted by atomic mass is 10.3. The van der Waals surface area contributed by atoms with E-state index in [-0.39, 0.29) is 18.8 Å². The molecule has 0 fully saturated rings. The van der Waals surface area contributed by atoms with Crippen LogP contribution in [0.1, 0.15) is 10.4 Å². The molecule has 1 heterocycles. The summed E-state index contributed by atoms with van der Waals surface area (Å²) in [5.74, 6) is -1.55. The number of nitrogens with zero attached hydrogens (tertiary/aromatic N) is 1. The summed E-state index contributed by atoms with van der Waals surface area (Å²) in [6, 6.07) is 2.79. The number of halogens is 1. The molecular formula is C9H10FNO3. The first-order valence-corrected chi connectivity index (χ1v) is 4.02. The van der Waals surface area contributed by atoms with E-state index in [0.717, 1.165) is 0 Å². The number of aromatic nitrogens is 1. The first-order chi connectivity index (χ1) is 6.75. The van der Waals surface area contributed by atoms with Gasteiger partial charge >= 0.3 is 5.97 Å². The van der Waals surface area contributed by atoms with E-state index in [0.29, 0.717) is 0 Å². The highest BCUT2D eigenvalue weighted by molar-refractivity contribution is 5.89. The summed E-state index contributed by atoms with van der Waals surface area (Å²) in [4.78, 5) is 14.5. The maximum atomic E-state index is 12.9. The molecule has 0 radical (unpaired) electrons. The minimum absolute atomic E-state index is 0.101. The summed E-state index contributed by atoms with van der Waals surface area (Å²) < 4.78 is 22.3. The molecule has 0 spiro atoms. The Hall–Kier alpha value is -1.49. The number of hydrogen-bond donors (Lipinski definition) is 0. The second-order valence-corrected chi connectivity index (χ2v) is 2.47. The van der Waals surface area contributed by atoms with E-state index >= 15 is 0 Å². The molecule has 0 atom stereocenters. The van der Waals surface area contributed by atoms with Crippen molar-refractivity contribution in [2.75, 3.05) is 20.3 Å². The standard InChI is InChI=1S/C9H10FNO3/c1-13-5-6-14-9(12)7-3-2-4-11-8(7)10/h2-4H,5-6H2,1H3. The Balaban J connectivity index is 2.56. The summed E-state index contributed by atoms with van der Waals surface area (Å²) >= 11 is 0. The van der Waals surface area contributed by atoms with E-state index in [1.165, 1.54) is 25.4 Å². The van der Waals surface area contributed by atoms with Crippen LogP contribution in [-0.2, 0) is 9.47 Å². The molecule has 4 nitrogen and oxygen atoms in total. The molecule has 5 heteroatoms. The van der Waals surface area contributed by atoms with Gasteiger partial charge in [-0.2, -0.15) is 4.39 Å². The van der Waals surface area contributed by atoms with Crippen molar-refractivity contribution in [3.8, 4) is 0 Å². The Kier molecular flexibility index (Phi) is 4.00. The number of ether oxygens (including phenoxy) is 2. The van der Waals surface area contributed by atoms with Gasteiger partial charge in [-0.15, -0.1) is 0 Å². The number of carbonyl (C=O) groups is 1. The molecule has 0 N–H and O–H groups in total. The zero-order valence-electron chi connectivity index (χ0n) is 7.70. The fourth-order valence-electron chi connectivity index (χ4n) is 0.834. The Morgan fingerprint density at radius 2 is 2.36 bits per heavy atom. The molecule has 0 aromatic carbocycles. The average molecular weight is 199 g/mol. The van der Waals surface area contributed by atoms with E-state index in [9.17, 15) is 9.18 Å². The van der Waals surface area contributed by atoms with Crippen LogP contribution in [0.3, 0.4) is 0 Å². The van der Waals surface area contributed by atoms with Crippen molar-refractivity contribution < 1.29 is 18.7 Å².